The lowest BCUT2D eigenvalue weighted by molar-refractivity contribution is -0.192. The van der Waals surface area contributed by atoms with Crippen LogP contribution in [-0.4, -0.2) is 60.6 Å². The number of carbonyl (C=O) groups is 3. The van der Waals surface area contributed by atoms with Crippen LogP contribution >= 0.6 is 0 Å². The Bertz CT molecular complexity index is 941. The maximum absolute atomic E-state index is 13.2. The number of hydrogen-bond acceptors (Lipinski definition) is 7. The summed E-state index contributed by atoms with van der Waals surface area (Å²) in [6, 6.07) is 0. The second-order valence-corrected chi connectivity index (χ2v) is 11.1. The quantitative estimate of drug-likeness (QED) is 0.247. The summed E-state index contributed by atoms with van der Waals surface area (Å²) in [4.78, 5) is 36.8. The first-order valence-corrected chi connectivity index (χ1v) is 15.1. The van der Waals surface area contributed by atoms with Gasteiger partial charge in [0.1, 0.15) is 17.7 Å². The van der Waals surface area contributed by atoms with E-state index in [1.165, 1.54) is 0 Å². The van der Waals surface area contributed by atoms with E-state index < -0.39 is 30.0 Å². The zero-order valence-electron chi connectivity index (χ0n) is 24.2. The molecule has 222 valence electrons. The van der Waals surface area contributed by atoms with Gasteiger partial charge in [0.05, 0.1) is 12.0 Å². The molecule has 8 heteroatoms. The molecule has 0 aromatic heterocycles. The van der Waals surface area contributed by atoms with Gasteiger partial charge in [-0.2, -0.15) is 0 Å². The fraction of sp³-hybridized carbons (Fsp3) is 0.781. The summed E-state index contributed by atoms with van der Waals surface area (Å²) in [6.45, 7) is 5.38. The number of ether oxygens (including phenoxy) is 4. The van der Waals surface area contributed by atoms with Crippen LogP contribution in [0.15, 0.2) is 0 Å². The fourth-order valence-electron chi connectivity index (χ4n) is 5.40. The van der Waals surface area contributed by atoms with Crippen LogP contribution in [0, 0.1) is 41.4 Å². The summed E-state index contributed by atoms with van der Waals surface area (Å²) in [5, 5.41) is 8.85. The molecule has 2 heterocycles. The van der Waals surface area contributed by atoms with Gasteiger partial charge >= 0.3 is 5.97 Å². The third-order valence-electron chi connectivity index (χ3n) is 7.73. The molecular formula is C32H46O8. The molecule has 3 fully saturated rings. The van der Waals surface area contributed by atoms with Crippen molar-refractivity contribution in [1.82, 2.24) is 0 Å². The van der Waals surface area contributed by atoms with E-state index >= 15 is 0 Å². The zero-order valence-corrected chi connectivity index (χ0v) is 24.2. The van der Waals surface area contributed by atoms with Gasteiger partial charge in [0.25, 0.3) is 0 Å². The SMILES string of the molecule is CCC#CC[C@H](C)[C@@H](C#C[C@H]1[C@H](OC2CCCCO2)CC(=O)[C@@H]1CC(=O)CCCCC(=O)O)OC1CCCCO1. The maximum atomic E-state index is 13.2. The molecule has 1 N–H and O–H groups in total. The molecular weight excluding hydrogens is 512 g/mol. The van der Waals surface area contributed by atoms with E-state index in [1.54, 1.807) is 0 Å². The van der Waals surface area contributed by atoms with E-state index in [-0.39, 0.29) is 55.7 Å². The number of hydrogen-bond donors (Lipinski definition) is 1. The van der Waals surface area contributed by atoms with Crippen molar-refractivity contribution in [2.24, 2.45) is 17.8 Å². The third kappa shape index (κ3) is 11.0. The Morgan fingerprint density at radius 2 is 1.73 bits per heavy atom. The normalized spacial score (nSPS) is 28.1. The molecule has 1 saturated carbocycles. The monoisotopic (exact) mass is 558 g/mol. The van der Waals surface area contributed by atoms with Crippen LogP contribution in [0.2, 0.25) is 0 Å². The average Bonchev–Trinajstić information content (AvgIpc) is 3.23. The van der Waals surface area contributed by atoms with Gasteiger partial charge in [0.2, 0.25) is 0 Å². The largest absolute Gasteiger partial charge is 0.481 e. The van der Waals surface area contributed by atoms with Crippen LogP contribution < -0.4 is 0 Å². The summed E-state index contributed by atoms with van der Waals surface area (Å²) in [5.41, 5.74) is 0. The lowest BCUT2D eigenvalue weighted by Gasteiger charge is -2.29. The molecule has 0 aromatic carbocycles. The summed E-state index contributed by atoms with van der Waals surface area (Å²) in [6.07, 6.45) is 7.03. The first kappa shape index (κ1) is 32.3. The minimum absolute atomic E-state index is 0.0195. The molecule has 7 atom stereocenters. The van der Waals surface area contributed by atoms with Gasteiger partial charge in [0.15, 0.2) is 12.6 Å². The van der Waals surface area contributed by atoms with Gasteiger partial charge in [0, 0.05) is 63.6 Å². The minimum atomic E-state index is -0.871. The molecule has 0 amide bonds. The van der Waals surface area contributed by atoms with Crippen LogP contribution in [-0.2, 0) is 33.3 Å². The fourth-order valence-corrected chi connectivity index (χ4v) is 5.40. The summed E-state index contributed by atoms with van der Waals surface area (Å²) in [7, 11) is 0. The Morgan fingerprint density at radius 3 is 2.38 bits per heavy atom. The third-order valence-corrected chi connectivity index (χ3v) is 7.73. The number of carboxylic acids is 1. The smallest absolute Gasteiger partial charge is 0.303 e. The second-order valence-electron chi connectivity index (χ2n) is 11.1. The zero-order chi connectivity index (χ0) is 28.7. The molecule has 2 aliphatic heterocycles. The van der Waals surface area contributed by atoms with Crippen molar-refractivity contribution in [3.63, 3.8) is 0 Å². The highest BCUT2D eigenvalue weighted by atomic mass is 16.7. The molecule has 0 aromatic rings. The standard InChI is InChI=1S/C32H46O8/c1-3-4-5-12-23(2)28(39-31-15-8-10-19-37-31)18-17-25-26(21-24(33)13-6-7-14-30(35)36)27(34)22-29(25)40-32-16-9-11-20-38-32/h23,25-26,28-29,31-32H,3,6-16,19-22H2,1-2H3,(H,35,36)/t23-,25+,26+,28+,29+,31?,32?/m0/s1. The Hall–Kier alpha value is -2.23. The van der Waals surface area contributed by atoms with Crippen molar-refractivity contribution >= 4 is 17.5 Å². The van der Waals surface area contributed by atoms with Crippen molar-refractivity contribution < 1.29 is 38.4 Å². The molecule has 2 saturated heterocycles. The maximum Gasteiger partial charge on any atom is 0.303 e. The average molecular weight is 559 g/mol. The lowest BCUT2D eigenvalue weighted by Crippen LogP contribution is -2.32. The highest BCUT2D eigenvalue weighted by Crippen LogP contribution is 2.36. The van der Waals surface area contributed by atoms with Gasteiger partial charge in [-0.1, -0.05) is 25.7 Å². The van der Waals surface area contributed by atoms with Crippen molar-refractivity contribution in [2.45, 2.75) is 129 Å². The molecule has 2 unspecified atom stereocenters. The summed E-state index contributed by atoms with van der Waals surface area (Å²) >= 11 is 0. The van der Waals surface area contributed by atoms with Crippen molar-refractivity contribution in [3.8, 4) is 23.7 Å². The molecule has 3 rings (SSSR count). The topological polar surface area (TPSA) is 108 Å². The van der Waals surface area contributed by atoms with Crippen LogP contribution in [0.4, 0.5) is 0 Å². The van der Waals surface area contributed by atoms with Crippen LogP contribution in [0.5, 0.6) is 0 Å². The first-order valence-electron chi connectivity index (χ1n) is 15.1. The summed E-state index contributed by atoms with van der Waals surface area (Å²) in [5.74, 6) is 11.1. The van der Waals surface area contributed by atoms with Gasteiger partial charge in [-0.3, -0.25) is 14.4 Å². The predicted octanol–water partition coefficient (Wildman–Crippen LogP) is 5.06. The molecule has 0 spiro atoms. The van der Waals surface area contributed by atoms with E-state index in [0.29, 0.717) is 32.5 Å². The number of Topliss-reactive ketones (excluding diaryl/α,β-unsaturated/α-hetero) is 2. The van der Waals surface area contributed by atoms with Crippen molar-refractivity contribution in [2.75, 3.05) is 13.2 Å². The molecule has 40 heavy (non-hydrogen) atoms. The number of carbonyl (C=O) groups excluding carboxylic acids is 2. The summed E-state index contributed by atoms with van der Waals surface area (Å²) < 4.78 is 24.2. The van der Waals surface area contributed by atoms with E-state index in [9.17, 15) is 14.4 Å². The van der Waals surface area contributed by atoms with Crippen LogP contribution in [0.25, 0.3) is 0 Å². The number of unbranched alkanes of at least 4 members (excludes halogenated alkanes) is 1. The number of carboxylic acid groups (broad SMARTS) is 1. The molecule has 0 bridgehead atoms. The Morgan fingerprint density at radius 1 is 1.02 bits per heavy atom. The molecule has 3 aliphatic rings. The van der Waals surface area contributed by atoms with Crippen molar-refractivity contribution in [1.29, 1.82) is 0 Å². The molecule has 8 nitrogen and oxygen atoms in total. The highest BCUT2D eigenvalue weighted by Gasteiger charge is 2.44. The predicted molar refractivity (Wildman–Crippen MR) is 149 cm³/mol. The van der Waals surface area contributed by atoms with Crippen LogP contribution in [0.1, 0.15) is 104 Å². The van der Waals surface area contributed by atoms with E-state index in [1.807, 2.05) is 6.92 Å². The number of aliphatic carboxylic acids is 1. The Kier molecular flexibility index (Phi) is 14.2. The highest BCUT2D eigenvalue weighted by molar-refractivity contribution is 5.90. The lowest BCUT2D eigenvalue weighted by atomic mass is 9.88. The second kappa shape index (κ2) is 17.6. The number of ketones is 2. The first-order chi connectivity index (χ1) is 19.4. The van der Waals surface area contributed by atoms with Gasteiger partial charge < -0.3 is 24.1 Å². The van der Waals surface area contributed by atoms with E-state index in [0.717, 1.165) is 44.9 Å². The molecule has 1 aliphatic carbocycles. The van der Waals surface area contributed by atoms with Gasteiger partial charge in [-0.15, -0.1) is 11.8 Å². The van der Waals surface area contributed by atoms with Gasteiger partial charge in [-0.05, 0) is 51.4 Å². The van der Waals surface area contributed by atoms with Crippen LogP contribution in [0.3, 0.4) is 0 Å². The molecule has 0 radical (unpaired) electrons. The Balaban J connectivity index is 1.77. The van der Waals surface area contributed by atoms with E-state index in [4.69, 9.17) is 24.1 Å². The van der Waals surface area contributed by atoms with Gasteiger partial charge in [-0.25, -0.2) is 0 Å². The minimum Gasteiger partial charge on any atom is -0.481 e. The number of rotatable bonds is 13. The Labute approximate surface area is 239 Å². The van der Waals surface area contributed by atoms with Crippen molar-refractivity contribution in [3.05, 3.63) is 0 Å². The van der Waals surface area contributed by atoms with E-state index in [2.05, 4.69) is 30.6 Å².